The molecule has 576 valence electrons. The lowest BCUT2D eigenvalue weighted by atomic mass is 9.78. The molecule has 18 heteroatoms. The molecule has 3 aliphatic heterocycles. The first-order valence-corrected chi connectivity index (χ1v) is 42.6. The fourth-order valence-electron chi connectivity index (χ4n) is 17.0. The Morgan fingerprint density at radius 1 is 0.372 bits per heavy atom. The molecular formula is C95H97Br2Cl2N13O. The second kappa shape index (κ2) is 37.5. The normalized spacial score (nSPS) is 17.3. The number of piperazine rings is 1. The van der Waals surface area contributed by atoms with Crippen LogP contribution in [-0.4, -0.2) is 142 Å². The maximum Gasteiger partial charge on any atom is 0.227 e. The Hall–Kier alpha value is -9.04. The third-order valence-electron chi connectivity index (χ3n) is 23.2. The molecule has 12 aromatic rings. The number of hydrogen-bond donors (Lipinski definition) is 3. The number of rotatable bonds is 21. The van der Waals surface area contributed by atoms with Crippen molar-refractivity contribution in [1.82, 2.24) is 49.5 Å². The molecule has 3 atom stereocenters. The third-order valence-corrected chi connectivity index (χ3v) is 24.8. The highest BCUT2D eigenvalue weighted by Gasteiger charge is 2.32. The number of ether oxygens (including phenoxy) is 1. The molecular weight excluding hydrogens is 1570 g/mol. The van der Waals surface area contributed by atoms with Crippen LogP contribution in [0.3, 0.4) is 0 Å². The van der Waals surface area contributed by atoms with Crippen LogP contribution in [0, 0.1) is 0 Å². The first-order valence-electron chi connectivity index (χ1n) is 40.3. The van der Waals surface area contributed by atoms with Crippen molar-refractivity contribution in [3.8, 4) is 33.8 Å². The quantitative estimate of drug-likeness (QED) is 0.0630. The van der Waals surface area contributed by atoms with Crippen LogP contribution in [0.5, 0.6) is 0 Å². The molecule has 0 saturated carbocycles. The van der Waals surface area contributed by atoms with Crippen molar-refractivity contribution < 1.29 is 4.74 Å². The molecule has 3 fully saturated rings. The number of nitrogens with one attached hydrogen (secondary N) is 3. The summed E-state index contributed by atoms with van der Waals surface area (Å²) in [4.78, 5) is 39.2. The summed E-state index contributed by atoms with van der Waals surface area (Å²) in [5.74, 6) is 2.60. The summed E-state index contributed by atoms with van der Waals surface area (Å²) in [5.41, 5.74) is 24.7. The van der Waals surface area contributed by atoms with Crippen molar-refractivity contribution in [3.05, 3.63) is 317 Å². The highest BCUT2D eigenvalue weighted by Crippen LogP contribution is 2.47. The van der Waals surface area contributed by atoms with Gasteiger partial charge < -0.3 is 35.4 Å². The van der Waals surface area contributed by atoms with Gasteiger partial charge in [0.05, 0.1) is 23.7 Å². The number of nitrogens with zero attached hydrogens (tertiary/aromatic N) is 10. The zero-order valence-electron chi connectivity index (χ0n) is 64.2. The van der Waals surface area contributed by atoms with Gasteiger partial charge in [-0.3, -0.25) is 4.90 Å². The minimum absolute atomic E-state index is 0.133. The Kier molecular flexibility index (Phi) is 25.8. The lowest BCUT2D eigenvalue weighted by molar-refractivity contribution is 0.0976. The minimum Gasteiger partial charge on any atom is -0.383 e. The summed E-state index contributed by atoms with van der Waals surface area (Å²) in [6.45, 7) is 14.7. The van der Waals surface area contributed by atoms with Gasteiger partial charge in [0.15, 0.2) is 0 Å². The maximum atomic E-state index is 6.61. The second-order valence-corrected chi connectivity index (χ2v) is 33.4. The summed E-state index contributed by atoms with van der Waals surface area (Å²) in [7, 11) is 1.77. The van der Waals surface area contributed by atoms with Crippen LogP contribution < -0.4 is 16.0 Å². The van der Waals surface area contributed by atoms with E-state index in [4.69, 9.17) is 47.9 Å². The van der Waals surface area contributed by atoms with Gasteiger partial charge in [-0.2, -0.15) is 0 Å². The zero-order valence-corrected chi connectivity index (χ0v) is 68.9. The third kappa shape index (κ3) is 19.7. The van der Waals surface area contributed by atoms with Gasteiger partial charge in [-0.1, -0.05) is 207 Å². The van der Waals surface area contributed by atoms with Gasteiger partial charge in [-0.05, 0) is 230 Å². The van der Waals surface area contributed by atoms with Crippen molar-refractivity contribution >= 4 is 90.0 Å². The molecule has 0 amide bonds. The standard InChI is InChI=1S/C33H36BrN5O.C31H31BrN4.C31H30Cl2N4/c1-40-20-19-39-17-15-38(16-18-39)14-13-24-9-11-28(12-10-24)36-33-35-23-26-22-31(25-5-4-6-27(34)21-25)29-7-2-3-8-30(29)32(26)37-33;32-25-8-6-7-23(19-25)29-20-24-21-33-31(35-30(24)28-10-3-2-9-27(28)29)34-26-13-11-22(12-14-26)15-18-36-16-4-1-5-17-36;32-23-10-13-26(29(33)19-23)28-18-22-20-34-31(36-30(22)27-7-3-2-6-25(27)28)35-24-11-8-21(9-12-24)14-17-37-15-4-1-5-16-37/h2-12,21,23,31H,13-20,22H2,1H3,(H,35,36,37);2-3,6-14,19,21,29H,1,4-5,15-18,20H2,(H,33,34,35);2-3,6-13,19-20,28H,1,4-5,14-18H2,(H,34,35,36)/t31-;29-;/m00./s1. The van der Waals surface area contributed by atoms with Crippen LogP contribution in [0.2, 0.25) is 10.0 Å². The minimum atomic E-state index is 0.133. The molecule has 9 aromatic carbocycles. The van der Waals surface area contributed by atoms with Crippen LogP contribution >= 0.6 is 55.1 Å². The lowest BCUT2D eigenvalue weighted by Crippen LogP contribution is -2.47. The maximum absolute atomic E-state index is 6.61. The van der Waals surface area contributed by atoms with Gasteiger partial charge in [0.1, 0.15) is 0 Å². The van der Waals surface area contributed by atoms with Crippen LogP contribution in [-0.2, 0) is 43.3 Å². The van der Waals surface area contributed by atoms with Crippen LogP contribution in [0.4, 0.5) is 34.9 Å². The van der Waals surface area contributed by atoms with E-state index in [9.17, 15) is 0 Å². The molecule has 3 saturated heterocycles. The number of aromatic nitrogens is 6. The van der Waals surface area contributed by atoms with Gasteiger partial charge >= 0.3 is 0 Å². The Morgan fingerprint density at radius 2 is 0.735 bits per heavy atom. The second-order valence-electron chi connectivity index (χ2n) is 30.7. The summed E-state index contributed by atoms with van der Waals surface area (Å²) in [6.07, 6.45) is 19.9. The monoisotopic (exact) mass is 1660 g/mol. The lowest BCUT2D eigenvalue weighted by Gasteiger charge is -2.34. The van der Waals surface area contributed by atoms with Gasteiger partial charge in [0, 0.05) is 149 Å². The van der Waals surface area contributed by atoms with Crippen LogP contribution in [0.25, 0.3) is 33.8 Å². The molecule has 3 aromatic heterocycles. The van der Waals surface area contributed by atoms with E-state index in [0.717, 1.165) is 157 Å². The molecule has 6 heterocycles. The number of piperidine rings is 2. The van der Waals surface area contributed by atoms with Crippen molar-refractivity contribution in [2.45, 2.75) is 94.8 Å². The van der Waals surface area contributed by atoms with Crippen LogP contribution in [0.1, 0.15) is 123 Å². The molecule has 3 aliphatic carbocycles. The van der Waals surface area contributed by atoms with E-state index in [2.05, 4.69) is 272 Å². The topological polar surface area (TPSA) is 136 Å². The molecule has 14 nitrogen and oxygen atoms in total. The predicted octanol–water partition coefficient (Wildman–Crippen LogP) is 21.4. The average molecular weight is 1670 g/mol. The Morgan fingerprint density at radius 3 is 1.12 bits per heavy atom. The molecule has 18 rings (SSSR count). The predicted molar refractivity (Wildman–Crippen MR) is 469 cm³/mol. The van der Waals surface area contributed by atoms with E-state index in [1.54, 1.807) is 7.11 Å². The number of benzene rings is 9. The van der Waals surface area contributed by atoms with Gasteiger partial charge in [-0.15, -0.1) is 0 Å². The number of fused-ring (bicyclic) bond motifs is 9. The number of hydrogen-bond acceptors (Lipinski definition) is 14. The summed E-state index contributed by atoms with van der Waals surface area (Å²) in [5, 5.41) is 11.6. The molecule has 0 radical (unpaired) electrons. The molecule has 3 N–H and O–H groups in total. The SMILES string of the molecule is Brc1cccc([C@@H]2Cc3cnc(Nc4ccc(CCN5CCCCC5)cc4)nc3-c3ccccc32)c1.COCCN1CCN(CCc2ccc(Nc3ncc4c(n3)-c3ccccc3[C@H](c3cccc(Br)c3)C4)cc2)CC1.Clc1ccc(C2Cc3cnc(Nc4ccc(CCN5CCCCC5)cc4)nc3-c3ccccc32)c(Cl)c1. The highest BCUT2D eigenvalue weighted by atomic mass is 79.9. The Balaban J connectivity index is 0.000000128. The van der Waals surface area contributed by atoms with Crippen molar-refractivity contribution in [2.24, 2.45) is 0 Å². The highest BCUT2D eigenvalue weighted by molar-refractivity contribution is 9.10. The first kappa shape index (κ1) is 77.9. The Bertz CT molecular complexity index is 5210. The van der Waals surface area contributed by atoms with E-state index < -0.39 is 0 Å². The zero-order chi connectivity index (χ0) is 76.8. The van der Waals surface area contributed by atoms with Crippen LogP contribution in [0.15, 0.2) is 240 Å². The average Bonchev–Trinajstić information content (AvgIpc) is 0.772. The van der Waals surface area contributed by atoms with E-state index >= 15 is 0 Å². The summed E-state index contributed by atoms with van der Waals surface area (Å²) < 4.78 is 7.43. The van der Waals surface area contributed by atoms with Crippen molar-refractivity contribution in [3.63, 3.8) is 0 Å². The fourth-order valence-corrected chi connectivity index (χ4v) is 18.4. The summed E-state index contributed by atoms with van der Waals surface area (Å²) in [6, 6.07) is 74.9. The van der Waals surface area contributed by atoms with Gasteiger partial charge in [0.2, 0.25) is 17.8 Å². The molecule has 1 unspecified atom stereocenters. The largest absolute Gasteiger partial charge is 0.383 e. The Labute approximate surface area is 692 Å². The van der Waals surface area contributed by atoms with Gasteiger partial charge in [-0.25, -0.2) is 29.9 Å². The van der Waals surface area contributed by atoms with E-state index in [1.165, 1.54) is 131 Å². The number of likely N-dealkylation sites (tertiary alicyclic amines) is 2. The summed E-state index contributed by atoms with van der Waals surface area (Å²) >= 11 is 20.1. The number of anilines is 6. The van der Waals surface area contributed by atoms with Gasteiger partial charge in [0.25, 0.3) is 0 Å². The smallest absolute Gasteiger partial charge is 0.227 e. The fraction of sp³-hybridized carbons (Fsp3) is 0.305. The molecule has 113 heavy (non-hydrogen) atoms. The van der Waals surface area contributed by atoms with E-state index in [0.29, 0.717) is 33.8 Å². The molecule has 0 bridgehead atoms. The number of halogens is 4. The van der Waals surface area contributed by atoms with E-state index in [-0.39, 0.29) is 11.8 Å². The number of methoxy groups -OCH3 is 1. The van der Waals surface area contributed by atoms with E-state index in [1.807, 2.05) is 36.8 Å². The molecule has 6 aliphatic rings. The van der Waals surface area contributed by atoms with Crippen molar-refractivity contribution in [2.75, 3.05) is 108 Å². The molecule has 0 spiro atoms. The first-order chi connectivity index (χ1) is 55.5. The van der Waals surface area contributed by atoms with Crippen molar-refractivity contribution in [1.29, 1.82) is 0 Å².